The van der Waals surface area contributed by atoms with E-state index in [9.17, 15) is 13.2 Å². The average Bonchev–Trinajstić information content (AvgIpc) is 3.23. The fourth-order valence-electron chi connectivity index (χ4n) is 3.47. The van der Waals surface area contributed by atoms with Gasteiger partial charge in [0.05, 0.1) is 17.7 Å². The van der Waals surface area contributed by atoms with Gasteiger partial charge in [0, 0.05) is 18.3 Å². The van der Waals surface area contributed by atoms with Crippen molar-refractivity contribution in [3.05, 3.63) is 90.0 Å². The molecule has 0 saturated carbocycles. The highest BCUT2D eigenvalue weighted by molar-refractivity contribution is 7.92. The van der Waals surface area contributed by atoms with Gasteiger partial charge in [-0.2, -0.15) is 0 Å². The standard InChI is InChI=1S/C24H22N2O4S/c1-30-21-11-6-18(7-12-21)8-15-24(27)25-20-9-13-22(14-10-20)31(28,29)26-17-16-19-4-2-3-5-23(19)26/h2-15H,16-17H2,1H3,(H,25,27)/b15-8+. The van der Waals surface area contributed by atoms with Gasteiger partial charge >= 0.3 is 0 Å². The Kier molecular flexibility index (Phi) is 5.77. The smallest absolute Gasteiger partial charge is 0.264 e. The first kappa shape index (κ1) is 20.7. The van der Waals surface area contributed by atoms with Gasteiger partial charge in [0.15, 0.2) is 0 Å². The zero-order chi connectivity index (χ0) is 21.8. The third-order valence-corrected chi connectivity index (χ3v) is 6.92. The molecule has 31 heavy (non-hydrogen) atoms. The number of carbonyl (C=O) groups excluding carboxylic acids is 1. The molecule has 0 atom stereocenters. The number of nitrogens with zero attached hydrogens (tertiary/aromatic N) is 1. The molecule has 6 nitrogen and oxygen atoms in total. The highest BCUT2D eigenvalue weighted by Crippen LogP contribution is 2.32. The van der Waals surface area contributed by atoms with Gasteiger partial charge in [-0.25, -0.2) is 8.42 Å². The van der Waals surface area contributed by atoms with Crippen molar-refractivity contribution in [1.82, 2.24) is 0 Å². The number of benzene rings is 3. The van der Waals surface area contributed by atoms with E-state index >= 15 is 0 Å². The van der Waals surface area contributed by atoms with Crippen LogP contribution in [0.4, 0.5) is 11.4 Å². The molecule has 0 fully saturated rings. The fraction of sp³-hybridized carbons (Fsp3) is 0.125. The van der Waals surface area contributed by atoms with E-state index in [0.717, 1.165) is 22.6 Å². The summed E-state index contributed by atoms with van der Waals surface area (Å²) in [5, 5.41) is 2.74. The minimum Gasteiger partial charge on any atom is -0.497 e. The zero-order valence-electron chi connectivity index (χ0n) is 17.0. The third-order valence-electron chi connectivity index (χ3n) is 5.10. The van der Waals surface area contributed by atoms with Crippen LogP contribution >= 0.6 is 0 Å². The number of ether oxygens (including phenoxy) is 1. The van der Waals surface area contributed by atoms with E-state index in [1.54, 1.807) is 25.3 Å². The van der Waals surface area contributed by atoms with Crippen molar-refractivity contribution in [2.24, 2.45) is 0 Å². The van der Waals surface area contributed by atoms with Crippen molar-refractivity contribution in [3.8, 4) is 5.75 Å². The van der Waals surface area contributed by atoms with E-state index in [1.165, 1.54) is 22.5 Å². The maximum atomic E-state index is 13.1. The van der Waals surface area contributed by atoms with Gasteiger partial charge < -0.3 is 10.1 Å². The Hall–Kier alpha value is -3.58. The quantitative estimate of drug-likeness (QED) is 0.593. The molecule has 0 bridgehead atoms. The van der Waals surface area contributed by atoms with Crippen molar-refractivity contribution in [2.45, 2.75) is 11.3 Å². The van der Waals surface area contributed by atoms with Gasteiger partial charge in [-0.3, -0.25) is 9.10 Å². The molecule has 1 aliphatic rings. The Bertz CT molecular complexity index is 1220. The molecule has 0 aromatic heterocycles. The summed E-state index contributed by atoms with van der Waals surface area (Å²) in [5.41, 5.74) is 3.13. The molecule has 1 N–H and O–H groups in total. The Morgan fingerprint density at radius 1 is 1.00 bits per heavy atom. The van der Waals surface area contributed by atoms with Gasteiger partial charge in [0.1, 0.15) is 5.75 Å². The number of para-hydroxylation sites is 1. The fourth-order valence-corrected chi connectivity index (χ4v) is 4.97. The maximum Gasteiger partial charge on any atom is 0.264 e. The molecule has 1 heterocycles. The lowest BCUT2D eigenvalue weighted by Crippen LogP contribution is -2.29. The van der Waals surface area contributed by atoms with Gasteiger partial charge in [0.25, 0.3) is 10.0 Å². The van der Waals surface area contributed by atoms with Crippen LogP contribution < -0.4 is 14.4 Å². The summed E-state index contributed by atoms with van der Waals surface area (Å²) >= 11 is 0. The van der Waals surface area contributed by atoms with Crippen molar-refractivity contribution >= 4 is 33.4 Å². The molecule has 1 amide bonds. The molecule has 158 valence electrons. The van der Waals surface area contributed by atoms with Gasteiger partial charge in [0.2, 0.25) is 5.91 Å². The van der Waals surface area contributed by atoms with Crippen LogP contribution in [0.1, 0.15) is 11.1 Å². The van der Waals surface area contributed by atoms with Crippen LogP contribution in [-0.4, -0.2) is 28.0 Å². The molecular formula is C24H22N2O4S. The van der Waals surface area contributed by atoms with Crippen molar-refractivity contribution in [1.29, 1.82) is 0 Å². The minimum atomic E-state index is -3.65. The molecule has 1 aliphatic heterocycles. The lowest BCUT2D eigenvalue weighted by atomic mass is 10.2. The molecule has 0 unspecified atom stereocenters. The van der Waals surface area contributed by atoms with Crippen LogP contribution in [0, 0.1) is 0 Å². The van der Waals surface area contributed by atoms with Crippen LogP contribution in [0.5, 0.6) is 5.75 Å². The first-order valence-electron chi connectivity index (χ1n) is 9.81. The van der Waals surface area contributed by atoms with Crippen LogP contribution in [0.2, 0.25) is 0 Å². The Morgan fingerprint density at radius 3 is 2.42 bits per heavy atom. The Balaban J connectivity index is 1.43. The first-order valence-corrected chi connectivity index (χ1v) is 11.3. The van der Waals surface area contributed by atoms with E-state index in [4.69, 9.17) is 4.74 Å². The molecule has 4 rings (SSSR count). The lowest BCUT2D eigenvalue weighted by Gasteiger charge is -2.19. The number of amides is 1. The predicted octanol–water partition coefficient (Wildman–Crippen LogP) is 4.10. The number of anilines is 2. The summed E-state index contributed by atoms with van der Waals surface area (Å²) in [6.45, 7) is 0.427. The van der Waals surface area contributed by atoms with E-state index in [-0.39, 0.29) is 10.8 Å². The van der Waals surface area contributed by atoms with Gasteiger partial charge in [-0.15, -0.1) is 0 Å². The number of carbonyl (C=O) groups is 1. The SMILES string of the molecule is COc1ccc(/C=C/C(=O)Nc2ccc(S(=O)(=O)N3CCc4ccccc43)cc2)cc1. The van der Waals surface area contributed by atoms with Crippen LogP contribution in [0.25, 0.3) is 6.08 Å². The number of nitrogens with one attached hydrogen (secondary N) is 1. The second-order valence-corrected chi connectivity index (χ2v) is 8.94. The molecule has 0 saturated heterocycles. The van der Waals surface area contributed by atoms with Crippen molar-refractivity contribution in [2.75, 3.05) is 23.3 Å². The number of rotatable bonds is 6. The largest absolute Gasteiger partial charge is 0.497 e. The van der Waals surface area contributed by atoms with Crippen molar-refractivity contribution in [3.63, 3.8) is 0 Å². The second kappa shape index (κ2) is 8.65. The Morgan fingerprint density at radius 2 is 1.71 bits per heavy atom. The summed E-state index contributed by atoms with van der Waals surface area (Å²) in [5.74, 6) is 0.439. The lowest BCUT2D eigenvalue weighted by molar-refractivity contribution is -0.111. The molecule has 7 heteroatoms. The molecule has 0 spiro atoms. The number of hydrogen-bond acceptors (Lipinski definition) is 4. The summed E-state index contributed by atoms with van der Waals surface area (Å²) in [6.07, 6.45) is 3.82. The first-order chi connectivity index (χ1) is 15.0. The summed E-state index contributed by atoms with van der Waals surface area (Å²) < 4.78 is 32.7. The normalized spacial score (nSPS) is 13.3. The van der Waals surface area contributed by atoms with Crippen LogP contribution in [0.15, 0.2) is 83.8 Å². The molecule has 3 aromatic carbocycles. The van der Waals surface area contributed by atoms with Crippen LogP contribution in [0.3, 0.4) is 0 Å². The maximum absolute atomic E-state index is 13.1. The molecular weight excluding hydrogens is 412 g/mol. The highest BCUT2D eigenvalue weighted by atomic mass is 32.2. The predicted molar refractivity (Wildman–Crippen MR) is 122 cm³/mol. The average molecular weight is 435 g/mol. The monoisotopic (exact) mass is 434 g/mol. The second-order valence-electron chi connectivity index (χ2n) is 7.08. The highest BCUT2D eigenvalue weighted by Gasteiger charge is 2.30. The van der Waals surface area contributed by atoms with Crippen molar-refractivity contribution < 1.29 is 17.9 Å². The number of sulfonamides is 1. The molecule has 0 radical (unpaired) electrons. The Labute approximate surface area is 181 Å². The topological polar surface area (TPSA) is 75.7 Å². The zero-order valence-corrected chi connectivity index (χ0v) is 17.8. The third kappa shape index (κ3) is 4.46. The van der Waals surface area contributed by atoms with E-state index in [2.05, 4.69) is 5.32 Å². The van der Waals surface area contributed by atoms with E-state index < -0.39 is 10.0 Å². The molecule has 3 aromatic rings. The summed E-state index contributed by atoms with van der Waals surface area (Å²) in [4.78, 5) is 12.4. The number of fused-ring (bicyclic) bond motifs is 1. The number of hydrogen-bond donors (Lipinski definition) is 1. The van der Waals surface area contributed by atoms with E-state index in [1.807, 2.05) is 48.5 Å². The number of methoxy groups -OCH3 is 1. The van der Waals surface area contributed by atoms with Crippen LogP contribution in [-0.2, 0) is 21.2 Å². The minimum absolute atomic E-state index is 0.191. The van der Waals surface area contributed by atoms with Gasteiger partial charge in [-0.1, -0.05) is 30.3 Å². The van der Waals surface area contributed by atoms with Gasteiger partial charge in [-0.05, 0) is 66.1 Å². The van der Waals surface area contributed by atoms with E-state index in [0.29, 0.717) is 18.7 Å². The summed E-state index contributed by atoms with van der Waals surface area (Å²) in [7, 11) is -2.06. The summed E-state index contributed by atoms with van der Waals surface area (Å²) in [6, 6.07) is 21.1. The molecule has 0 aliphatic carbocycles.